The normalized spacial score (nSPS) is 23.7. The monoisotopic (exact) mass is 360 g/mol. The van der Waals surface area contributed by atoms with Crippen molar-refractivity contribution in [3.8, 4) is 0 Å². The molecule has 2 aliphatic rings. The smallest absolute Gasteiger partial charge is 0.346 e. The van der Waals surface area contributed by atoms with Crippen LogP contribution in [0.2, 0.25) is 0 Å². The van der Waals surface area contributed by atoms with Crippen LogP contribution in [0, 0.1) is 5.92 Å². The first-order valence-electron chi connectivity index (χ1n) is 9.66. The first-order chi connectivity index (χ1) is 12.5. The predicted molar refractivity (Wildman–Crippen MR) is 96.0 cm³/mol. The van der Waals surface area contributed by atoms with Crippen LogP contribution in [0.3, 0.4) is 0 Å². The largest absolute Gasteiger partial charge is 0.370 e. The summed E-state index contributed by atoms with van der Waals surface area (Å²) in [5.74, 6) is 3.40. The van der Waals surface area contributed by atoms with E-state index >= 15 is 0 Å². The van der Waals surface area contributed by atoms with Crippen molar-refractivity contribution in [3.05, 3.63) is 28.0 Å². The van der Waals surface area contributed by atoms with Gasteiger partial charge in [-0.2, -0.15) is 5.10 Å². The van der Waals surface area contributed by atoms with Gasteiger partial charge >= 0.3 is 5.69 Å². The highest BCUT2D eigenvalue weighted by molar-refractivity contribution is 5.06. The van der Waals surface area contributed by atoms with Gasteiger partial charge in [0, 0.05) is 25.6 Å². The Morgan fingerprint density at radius 2 is 1.96 bits per heavy atom. The third kappa shape index (κ3) is 2.80. The minimum Gasteiger partial charge on any atom is -0.370 e. The molecule has 0 radical (unpaired) electrons. The minimum absolute atomic E-state index is 0.0349. The molecule has 2 aromatic heterocycles. The van der Waals surface area contributed by atoms with E-state index in [4.69, 9.17) is 4.74 Å². The van der Waals surface area contributed by atoms with Crippen LogP contribution in [0.25, 0.3) is 0 Å². The summed E-state index contributed by atoms with van der Waals surface area (Å²) in [6, 6.07) is 0.0349. The fourth-order valence-electron chi connectivity index (χ4n) is 3.91. The van der Waals surface area contributed by atoms with Gasteiger partial charge in [0.25, 0.3) is 0 Å². The molecule has 2 aromatic rings. The van der Waals surface area contributed by atoms with Crippen LogP contribution in [0.4, 0.5) is 0 Å². The van der Waals surface area contributed by atoms with E-state index in [9.17, 15) is 4.79 Å². The number of hydrogen-bond acceptors (Lipinski definition) is 5. The molecule has 3 heterocycles. The molecule has 8 nitrogen and oxygen atoms in total. The van der Waals surface area contributed by atoms with Crippen LogP contribution in [-0.2, 0) is 18.3 Å². The molecule has 1 aliphatic heterocycles. The van der Waals surface area contributed by atoms with E-state index in [-0.39, 0.29) is 17.8 Å². The first-order valence-corrected chi connectivity index (χ1v) is 9.66. The van der Waals surface area contributed by atoms with E-state index in [0.29, 0.717) is 18.4 Å². The molecule has 26 heavy (non-hydrogen) atoms. The highest BCUT2D eigenvalue weighted by Crippen LogP contribution is 2.35. The molecule has 0 spiro atoms. The second kappa shape index (κ2) is 6.64. The molecule has 8 heteroatoms. The molecule has 0 bridgehead atoms. The summed E-state index contributed by atoms with van der Waals surface area (Å²) in [6.07, 6.45) is 4.49. The van der Waals surface area contributed by atoms with Crippen LogP contribution in [0.5, 0.6) is 0 Å². The van der Waals surface area contributed by atoms with Gasteiger partial charge in [0.1, 0.15) is 18.5 Å². The lowest BCUT2D eigenvalue weighted by Gasteiger charge is -2.24. The summed E-state index contributed by atoms with van der Waals surface area (Å²) in [6.45, 7) is 7.22. The molecule has 0 aromatic carbocycles. The number of nitrogens with zero attached hydrogens (tertiary/aromatic N) is 6. The van der Waals surface area contributed by atoms with E-state index in [1.807, 2.05) is 25.5 Å². The van der Waals surface area contributed by atoms with E-state index in [1.54, 1.807) is 4.57 Å². The van der Waals surface area contributed by atoms with Crippen molar-refractivity contribution in [3.63, 3.8) is 0 Å². The van der Waals surface area contributed by atoms with Gasteiger partial charge in [-0.25, -0.2) is 9.48 Å². The van der Waals surface area contributed by atoms with Crippen LogP contribution in [0.1, 0.15) is 82.0 Å². The Kier molecular flexibility index (Phi) is 4.46. The zero-order valence-electron chi connectivity index (χ0n) is 16.1. The molecular formula is C18H28N6O2. The SMILES string of the molecule is CC(C)n1c([C@H]2OCC[C@H]2C)nn(Cc2nnc(C3CCC3)n2C)c1=O. The first kappa shape index (κ1) is 17.5. The van der Waals surface area contributed by atoms with Crippen molar-refractivity contribution in [2.24, 2.45) is 13.0 Å². The lowest BCUT2D eigenvalue weighted by molar-refractivity contribution is 0.0825. The lowest BCUT2D eigenvalue weighted by atomic mass is 9.85. The number of hydrogen-bond donors (Lipinski definition) is 0. The highest BCUT2D eigenvalue weighted by atomic mass is 16.5. The summed E-state index contributed by atoms with van der Waals surface area (Å²) in [7, 11) is 1.98. The highest BCUT2D eigenvalue weighted by Gasteiger charge is 2.33. The summed E-state index contributed by atoms with van der Waals surface area (Å²) < 4.78 is 11.2. The fourth-order valence-corrected chi connectivity index (χ4v) is 3.91. The number of ether oxygens (including phenoxy) is 1. The Morgan fingerprint density at radius 3 is 2.54 bits per heavy atom. The molecule has 1 aliphatic carbocycles. The van der Waals surface area contributed by atoms with Gasteiger partial charge in [0.2, 0.25) is 0 Å². The maximum absolute atomic E-state index is 13.0. The van der Waals surface area contributed by atoms with E-state index in [0.717, 1.165) is 30.5 Å². The van der Waals surface area contributed by atoms with E-state index < -0.39 is 0 Å². The standard InChI is InChI=1S/C18H28N6O2/c1-11(2)24-17(15-12(3)8-9-26-15)21-23(18(24)25)10-14-19-20-16(22(14)4)13-6-5-7-13/h11-13,15H,5-10H2,1-4H3/t12-,15+/m1/s1. The summed E-state index contributed by atoms with van der Waals surface area (Å²) in [5.41, 5.74) is -0.106. The van der Waals surface area contributed by atoms with Crippen molar-refractivity contribution in [2.45, 2.75) is 71.1 Å². The van der Waals surface area contributed by atoms with Gasteiger partial charge in [-0.3, -0.25) is 4.57 Å². The molecular weight excluding hydrogens is 332 g/mol. The van der Waals surface area contributed by atoms with Gasteiger partial charge in [-0.05, 0) is 39.0 Å². The van der Waals surface area contributed by atoms with Crippen LogP contribution in [-0.4, -0.2) is 35.7 Å². The van der Waals surface area contributed by atoms with Gasteiger partial charge in [-0.1, -0.05) is 13.3 Å². The van der Waals surface area contributed by atoms with Gasteiger partial charge in [0.05, 0.1) is 0 Å². The summed E-state index contributed by atoms with van der Waals surface area (Å²) in [5, 5.41) is 13.3. The van der Waals surface area contributed by atoms with Gasteiger partial charge < -0.3 is 9.30 Å². The average Bonchev–Trinajstić information content (AvgIpc) is 3.20. The van der Waals surface area contributed by atoms with Crippen molar-refractivity contribution in [1.82, 2.24) is 29.1 Å². The Morgan fingerprint density at radius 1 is 1.19 bits per heavy atom. The maximum atomic E-state index is 13.0. The molecule has 4 rings (SSSR count). The van der Waals surface area contributed by atoms with E-state index in [1.165, 1.54) is 23.9 Å². The van der Waals surface area contributed by atoms with Crippen LogP contribution >= 0.6 is 0 Å². The fraction of sp³-hybridized carbons (Fsp3) is 0.778. The van der Waals surface area contributed by atoms with Crippen molar-refractivity contribution >= 4 is 0 Å². The molecule has 0 N–H and O–H groups in total. The Bertz CT molecular complexity index is 844. The van der Waals surface area contributed by atoms with Crippen molar-refractivity contribution < 1.29 is 4.74 Å². The van der Waals surface area contributed by atoms with Crippen LogP contribution in [0.15, 0.2) is 4.79 Å². The zero-order chi connectivity index (χ0) is 18.4. The Labute approximate surface area is 153 Å². The summed E-state index contributed by atoms with van der Waals surface area (Å²) in [4.78, 5) is 13.0. The lowest BCUT2D eigenvalue weighted by Crippen LogP contribution is -2.28. The molecule has 2 atom stereocenters. The minimum atomic E-state index is -0.114. The molecule has 0 unspecified atom stereocenters. The third-order valence-electron chi connectivity index (χ3n) is 5.82. The molecule has 1 saturated heterocycles. The topological polar surface area (TPSA) is 79.8 Å². The number of rotatable bonds is 5. The van der Waals surface area contributed by atoms with Gasteiger partial charge in [0.15, 0.2) is 11.6 Å². The molecule has 0 amide bonds. The van der Waals surface area contributed by atoms with Gasteiger partial charge in [-0.15, -0.1) is 10.2 Å². The quantitative estimate of drug-likeness (QED) is 0.816. The predicted octanol–water partition coefficient (Wildman–Crippen LogP) is 2.17. The molecule has 1 saturated carbocycles. The maximum Gasteiger partial charge on any atom is 0.346 e. The summed E-state index contributed by atoms with van der Waals surface area (Å²) >= 11 is 0. The van der Waals surface area contributed by atoms with Crippen LogP contribution < -0.4 is 5.69 Å². The Hall–Kier alpha value is -1.96. The molecule has 2 fully saturated rings. The van der Waals surface area contributed by atoms with Crippen molar-refractivity contribution in [2.75, 3.05) is 6.61 Å². The second-order valence-corrected chi connectivity index (χ2v) is 7.98. The number of aromatic nitrogens is 6. The van der Waals surface area contributed by atoms with Crippen molar-refractivity contribution in [1.29, 1.82) is 0 Å². The second-order valence-electron chi connectivity index (χ2n) is 7.98. The molecule has 142 valence electrons. The van der Waals surface area contributed by atoms with E-state index in [2.05, 4.69) is 22.2 Å². The average molecular weight is 360 g/mol. The Balaban J connectivity index is 1.67. The third-order valence-corrected chi connectivity index (χ3v) is 5.82. The zero-order valence-corrected chi connectivity index (χ0v) is 16.1.